The van der Waals surface area contributed by atoms with Crippen LogP contribution in [-0.2, 0) is 65.4 Å². The molecular weight excluding hydrogens is 1400 g/mol. The average molecular weight is 1580 g/mol. The summed E-state index contributed by atoms with van der Waals surface area (Å²) < 4.78 is 69.0. The Morgan fingerprint density at radius 2 is 0.472 bits per heavy atom. The van der Waals surface area contributed by atoms with E-state index in [0.29, 0.717) is 25.7 Å². The van der Waals surface area contributed by atoms with Gasteiger partial charge in [-0.25, -0.2) is 9.13 Å². The lowest BCUT2D eigenvalue weighted by molar-refractivity contribution is -0.161. The molecule has 0 heterocycles. The number of aliphatic hydroxyl groups excluding tert-OH is 1. The van der Waals surface area contributed by atoms with Crippen molar-refractivity contribution in [1.29, 1.82) is 0 Å². The molecule has 0 saturated heterocycles. The molecule has 6 atom stereocenters. The number of rotatable bonds is 88. The third-order valence-electron chi connectivity index (χ3n) is 21.3. The van der Waals surface area contributed by atoms with Gasteiger partial charge in [-0.3, -0.25) is 37.3 Å². The highest BCUT2D eigenvalue weighted by Gasteiger charge is 2.31. The molecule has 3 N–H and O–H groups in total. The molecule has 0 aliphatic heterocycles. The molecule has 0 spiro atoms. The summed E-state index contributed by atoms with van der Waals surface area (Å²) in [7, 11) is -9.93. The molecule has 0 radical (unpaired) electrons. The van der Waals surface area contributed by atoms with Crippen LogP contribution in [0.3, 0.4) is 0 Å². The zero-order chi connectivity index (χ0) is 79.2. The van der Waals surface area contributed by atoms with Gasteiger partial charge in [-0.05, 0) is 37.5 Å². The van der Waals surface area contributed by atoms with Crippen LogP contribution >= 0.6 is 15.6 Å². The molecule has 0 aromatic carbocycles. The first-order chi connectivity index (χ1) is 52.4. The lowest BCUT2D eigenvalue weighted by Gasteiger charge is -2.21. The van der Waals surface area contributed by atoms with E-state index in [2.05, 4.69) is 41.5 Å². The maximum Gasteiger partial charge on any atom is 0.472 e. The average Bonchev–Trinajstić information content (AvgIpc) is 0.898. The molecule has 0 aliphatic rings. The first-order valence-corrected chi connectivity index (χ1v) is 49.0. The van der Waals surface area contributed by atoms with Gasteiger partial charge in [0.1, 0.15) is 19.3 Å². The fraction of sp³-hybridized carbons (Fsp3) is 0.955. The Hall–Kier alpha value is -1.94. The van der Waals surface area contributed by atoms with Crippen LogP contribution in [0.15, 0.2) is 0 Å². The van der Waals surface area contributed by atoms with Crippen LogP contribution in [-0.4, -0.2) is 96.7 Å². The quantitative estimate of drug-likeness (QED) is 0.0222. The van der Waals surface area contributed by atoms with Crippen molar-refractivity contribution < 1.29 is 80.2 Å². The Morgan fingerprint density at radius 1 is 0.269 bits per heavy atom. The highest BCUT2D eigenvalue weighted by atomic mass is 31.2. The van der Waals surface area contributed by atoms with Gasteiger partial charge in [-0.15, -0.1) is 0 Å². The molecule has 0 aromatic rings. The van der Waals surface area contributed by atoms with Crippen LogP contribution in [0, 0.1) is 11.8 Å². The second kappa shape index (κ2) is 80.3. The van der Waals surface area contributed by atoms with E-state index in [4.69, 9.17) is 37.0 Å². The number of phosphoric ester groups is 2. The monoisotopic (exact) mass is 1580 g/mol. The first kappa shape index (κ1) is 106. The highest BCUT2D eigenvalue weighted by Crippen LogP contribution is 2.45. The van der Waals surface area contributed by atoms with Gasteiger partial charge in [0.25, 0.3) is 0 Å². The van der Waals surface area contributed by atoms with Crippen LogP contribution in [0.5, 0.6) is 0 Å². The smallest absolute Gasteiger partial charge is 0.462 e. The molecule has 0 bridgehead atoms. The molecule has 0 aliphatic carbocycles. The van der Waals surface area contributed by atoms with Crippen molar-refractivity contribution in [3.05, 3.63) is 0 Å². The van der Waals surface area contributed by atoms with Crippen molar-refractivity contribution in [3.63, 3.8) is 0 Å². The molecular formula is C89H174O17P2. The van der Waals surface area contributed by atoms with Crippen LogP contribution in [0.25, 0.3) is 0 Å². The summed E-state index contributed by atoms with van der Waals surface area (Å²) in [6, 6.07) is 0. The van der Waals surface area contributed by atoms with Gasteiger partial charge in [0.15, 0.2) is 12.2 Å². The van der Waals surface area contributed by atoms with Crippen molar-refractivity contribution >= 4 is 39.5 Å². The second-order valence-corrected chi connectivity index (χ2v) is 35.6. The predicted molar refractivity (Wildman–Crippen MR) is 446 cm³/mol. The minimum absolute atomic E-state index is 0.108. The van der Waals surface area contributed by atoms with E-state index in [9.17, 15) is 43.2 Å². The summed E-state index contributed by atoms with van der Waals surface area (Å²) in [5.74, 6) is -0.440. The maximum absolute atomic E-state index is 13.2. The Labute approximate surface area is 664 Å². The number of carbonyl (C=O) groups excluding carboxylic acids is 4. The molecule has 642 valence electrons. The Bertz CT molecular complexity index is 2070. The van der Waals surface area contributed by atoms with Crippen LogP contribution < -0.4 is 0 Å². The normalized spacial score (nSPS) is 14.0. The standard InChI is InChI=1S/C89H174O17P2/c1-7-10-12-14-16-18-20-21-22-23-24-28-31-36-42-48-54-60-66-72-87(92)100-78-85(106-88(93)73-67-61-55-49-43-37-32-29-26-25-27-30-35-41-46-52-58-64-70-82(6)9-3)80-104-108(97,98)102-76-83(90)75-101-107(95,96)103-79-84(77-99-86(91)71-65-59-53-47-39-19-17-15-13-11-8-2)105-89(94)74-68-62-56-50-44-38-33-34-40-45-51-57-63-69-81(4)5/h81-85,90H,7-80H2,1-6H3,(H,95,96)(H,97,98)/t82?,83-,84+,85+/m0/s1. The number of aliphatic hydroxyl groups is 1. The molecule has 0 fully saturated rings. The van der Waals surface area contributed by atoms with E-state index in [1.807, 2.05) is 0 Å². The number of phosphoric acid groups is 2. The van der Waals surface area contributed by atoms with Crippen LogP contribution in [0.1, 0.15) is 478 Å². The number of hydrogen-bond donors (Lipinski definition) is 3. The van der Waals surface area contributed by atoms with Crippen molar-refractivity contribution in [2.24, 2.45) is 11.8 Å². The van der Waals surface area contributed by atoms with E-state index >= 15 is 0 Å². The van der Waals surface area contributed by atoms with Crippen LogP contribution in [0.2, 0.25) is 0 Å². The van der Waals surface area contributed by atoms with Crippen molar-refractivity contribution in [3.8, 4) is 0 Å². The van der Waals surface area contributed by atoms with E-state index in [1.54, 1.807) is 0 Å². The number of esters is 4. The third-order valence-corrected chi connectivity index (χ3v) is 23.2. The SMILES string of the molecule is CCCCCCCCCCCCCCCCCCCCCC(=O)OC[C@H](COP(=O)(O)OC[C@@H](O)COP(=O)(O)OC[C@@H](COC(=O)CCCCCCCCCCCCC)OC(=O)CCCCCCCCCCCCCCCC(C)C)OC(=O)CCCCCCCCCCCCCCCCCCCCC(C)CC. The zero-order valence-corrected chi connectivity index (χ0v) is 73.0. The van der Waals surface area contributed by atoms with Gasteiger partial charge in [0.2, 0.25) is 0 Å². The predicted octanol–water partition coefficient (Wildman–Crippen LogP) is 27.4. The summed E-state index contributed by atoms with van der Waals surface area (Å²) in [4.78, 5) is 73.3. The van der Waals surface area contributed by atoms with Crippen LogP contribution in [0.4, 0.5) is 0 Å². The number of ether oxygens (including phenoxy) is 4. The summed E-state index contributed by atoms with van der Waals surface area (Å²) in [6.45, 7) is 9.77. The summed E-state index contributed by atoms with van der Waals surface area (Å²) >= 11 is 0. The topological polar surface area (TPSA) is 237 Å². The van der Waals surface area contributed by atoms with Gasteiger partial charge in [0.05, 0.1) is 26.4 Å². The van der Waals surface area contributed by atoms with E-state index in [0.717, 1.165) is 102 Å². The fourth-order valence-electron chi connectivity index (χ4n) is 13.9. The zero-order valence-electron chi connectivity index (χ0n) is 71.2. The Balaban J connectivity index is 5.23. The molecule has 108 heavy (non-hydrogen) atoms. The third kappa shape index (κ3) is 80.7. The Kier molecular flexibility index (Phi) is 78.8. The van der Waals surface area contributed by atoms with Crippen molar-refractivity contribution in [2.45, 2.75) is 496 Å². The summed E-state index contributed by atoms with van der Waals surface area (Å²) in [5.41, 5.74) is 0. The molecule has 0 aromatic heterocycles. The van der Waals surface area contributed by atoms with E-state index in [1.165, 1.54) is 295 Å². The molecule has 3 unspecified atom stereocenters. The van der Waals surface area contributed by atoms with Gasteiger partial charge in [-0.2, -0.15) is 0 Å². The first-order valence-electron chi connectivity index (χ1n) is 46.0. The fourth-order valence-corrected chi connectivity index (χ4v) is 15.5. The van der Waals surface area contributed by atoms with Crippen molar-refractivity contribution in [2.75, 3.05) is 39.6 Å². The molecule has 0 amide bonds. The van der Waals surface area contributed by atoms with Gasteiger partial charge in [0, 0.05) is 25.7 Å². The maximum atomic E-state index is 13.2. The number of unbranched alkanes of at least 4 members (excludes halogenated alkanes) is 57. The molecule has 0 rings (SSSR count). The lowest BCUT2D eigenvalue weighted by atomic mass is 9.99. The number of hydrogen-bond acceptors (Lipinski definition) is 15. The molecule has 19 heteroatoms. The van der Waals surface area contributed by atoms with E-state index in [-0.39, 0.29) is 25.7 Å². The Morgan fingerprint density at radius 3 is 0.704 bits per heavy atom. The van der Waals surface area contributed by atoms with Gasteiger partial charge < -0.3 is 33.8 Å². The second-order valence-electron chi connectivity index (χ2n) is 32.7. The van der Waals surface area contributed by atoms with Gasteiger partial charge in [-0.1, -0.05) is 427 Å². The molecule has 0 saturated carbocycles. The molecule has 17 nitrogen and oxygen atoms in total. The lowest BCUT2D eigenvalue weighted by Crippen LogP contribution is -2.30. The minimum Gasteiger partial charge on any atom is -0.462 e. The number of carbonyl (C=O) groups is 4. The largest absolute Gasteiger partial charge is 0.472 e. The van der Waals surface area contributed by atoms with E-state index < -0.39 is 97.5 Å². The summed E-state index contributed by atoms with van der Waals surface area (Å²) in [6.07, 6.45) is 73.5. The van der Waals surface area contributed by atoms with Gasteiger partial charge >= 0.3 is 39.5 Å². The van der Waals surface area contributed by atoms with Crippen molar-refractivity contribution in [1.82, 2.24) is 0 Å². The summed E-state index contributed by atoms with van der Waals surface area (Å²) in [5, 5.41) is 10.7. The minimum atomic E-state index is -4.97. The highest BCUT2D eigenvalue weighted by molar-refractivity contribution is 7.47.